The summed E-state index contributed by atoms with van der Waals surface area (Å²) >= 11 is 2.33. The SMILES string of the molecule is CCNC(Cc1ncnn1CC)c1ccc(I)cc1. The lowest BCUT2D eigenvalue weighted by molar-refractivity contribution is 0.509. The van der Waals surface area contributed by atoms with E-state index in [1.807, 2.05) is 4.68 Å². The van der Waals surface area contributed by atoms with E-state index in [2.05, 4.69) is 76.1 Å². The maximum atomic E-state index is 4.36. The third-order valence-electron chi connectivity index (χ3n) is 3.10. The lowest BCUT2D eigenvalue weighted by Crippen LogP contribution is -2.24. The molecule has 0 amide bonds. The minimum atomic E-state index is 0.288. The topological polar surface area (TPSA) is 42.7 Å². The van der Waals surface area contributed by atoms with E-state index in [0.29, 0.717) is 0 Å². The van der Waals surface area contributed by atoms with Crippen molar-refractivity contribution in [3.05, 3.63) is 45.6 Å². The molecule has 0 spiro atoms. The Balaban J connectivity index is 2.18. The molecule has 0 aliphatic rings. The van der Waals surface area contributed by atoms with Gasteiger partial charge >= 0.3 is 0 Å². The smallest absolute Gasteiger partial charge is 0.138 e. The van der Waals surface area contributed by atoms with E-state index in [0.717, 1.165) is 25.3 Å². The molecule has 102 valence electrons. The van der Waals surface area contributed by atoms with Crippen LogP contribution in [-0.4, -0.2) is 21.3 Å². The molecule has 1 heterocycles. The normalized spacial score (nSPS) is 12.6. The van der Waals surface area contributed by atoms with E-state index in [9.17, 15) is 0 Å². The number of hydrogen-bond donors (Lipinski definition) is 1. The summed E-state index contributed by atoms with van der Waals surface area (Å²) in [6.07, 6.45) is 2.50. The van der Waals surface area contributed by atoms with E-state index < -0.39 is 0 Å². The molecule has 2 aromatic rings. The quantitative estimate of drug-likeness (QED) is 0.796. The zero-order valence-electron chi connectivity index (χ0n) is 11.3. The summed E-state index contributed by atoms with van der Waals surface area (Å²) in [4.78, 5) is 4.36. The van der Waals surface area contributed by atoms with Gasteiger partial charge in [0.1, 0.15) is 12.2 Å². The van der Waals surface area contributed by atoms with Gasteiger partial charge in [0.25, 0.3) is 0 Å². The first kappa shape index (κ1) is 14.5. The van der Waals surface area contributed by atoms with Gasteiger partial charge in [-0.15, -0.1) is 0 Å². The Morgan fingerprint density at radius 3 is 2.63 bits per heavy atom. The largest absolute Gasteiger partial charge is 0.310 e. The van der Waals surface area contributed by atoms with Gasteiger partial charge in [0.15, 0.2) is 0 Å². The summed E-state index contributed by atoms with van der Waals surface area (Å²) in [6.45, 7) is 6.02. The molecule has 1 N–H and O–H groups in total. The van der Waals surface area contributed by atoms with Crippen molar-refractivity contribution in [3.63, 3.8) is 0 Å². The Labute approximate surface area is 127 Å². The molecule has 0 aliphatic carbocycles. The first-order valence-electron chi connectivity index (χ1n) is 6.60. The van der Waals surface area contributed by atoms with Crippen molar-refractivity contribution in [2.45, 2.75) is 32.9 Å². The highest BCUT2D eigenvalue weighted by molar-refractivity contribution is 14.1. The van der Waals surface area contributed by atoms with Crippen LogP contribution in [-0.2, 0) is 13.0 Å². The number of nitrogens with zero attached hydrogens (tertiary/aromatic N) is 3. The Hall–Kier alpha value is -0.950. The first-order chi connectivity index (χ1) is 9.24. The summed E-state index contributed by atoms with van der Waals surface area (Å²) in [6, 6.07) is 8.94. The van der Waals surface area contributed by atoms with Crippen LogP contribution in [0.4, 0.5) is 0 Å². The van der Waals surface area contributed by atoms with Crippen LogP contribution in [0.3, 0.4) is 0 Å². The fourth-order valence-corrected chi connectivity index (χ4v) is 2.50. The lowest BCUT2D eigenvalue weighted by Gasteiger charge is -2.18. The maximum Gasteiger partial charge on any atom is 0.138 e. The summed E-state index contributed by atoms with van der Waals surface area (Å²) in [5.74, 6) is 1.03. The Kier molecular flexibility index (Phi) is 5.33. The predicted octanol–water partition coefficient (Wildman–Crippen LogP) is 2.80. The molecule has 1 atom stereocenters. The average Bonchev–Trinajstić information content (AvgIpc) is 2.86. The second-order valence-corrected chi connectivity index (χ2v) is 5.60. The van der Waals surface area contributed by atoms with Crippen LogP contribution >= 0.6 is 22.6 Å². The van der Waals surface area contributed by atoms with E-state index in [1.54, 1.807) is 6.33 Å². The van der Waals surface area contributed by atoms with Gasteiger partial charge in [-0.2, -0.15) is 5.10 Å². The third kappa shape index (κ3) is 3.76. The van der Waals surface area contributed by atoms with Crippen LogP contribution in [0.25, 0.3) is 0 Å². The van der Waals surface area contributed by atoms with E-state index >= 15 is 0 Å². The molecular formula is C14H19IN4. The zero-order chi connectivity index (χ0) is 13.7. The van der Waals surface area contributed by atoms with Crippen molar-refractivity contribution < 1.29 is 0 Å². The number of likely N-dealkylation sites (N-methyl/N-ethyl adjacent to an activating group) is 1. The van der Waals surface area contributed by atoms with Gasteiger partial charge < -0.3 is 5.32 Å². The molecule has 0 fully saturated rings. The van der Waals surface area contributed by atoms with Gasteiger partial charge in [0.2, 0.25) is 0 Å². The predicted molar refractivity (Wildman–Crippen MR) is 85.0 cm³/mol. The van der Waals surface area contributed by atoms with Crippen LogP contribution in [0, 0.1) is 3.57 Å². The lowest BCUT2D eigenvalue weighted by atomic mass is 10.0. The Morgan fingerprint density at radius 1 is 1.26 bits per heavy atom. The van der Waals surface area contributed by atoms with Crippen molar-refractivity contribution in [3.8, 4) is 0 Å². The van der Waals surface area contributed by atoms with Crippen LogP contribution in [0.2, 0.25) is 0 Å². The van der Waals surface area contributed by atoms with E-state index in [1.165, 1.54) is 9.13 Å². The van der Waals surface area contributed by atoms with Crippen molar-refractivity contribution in [1.82, 2.24) is 20.1 Å². The molecule has 0 saturated carbocycles. The highest BCUT2D eigenvalue weighted by atomic mass is 127. The van der Waals surface area contributed by atoms with Gasteiger partial charge in [-0.3, -0.25) is 4.68 Å². The molecule has 1 unspecified atom stereocenters. The van der Waals surface area contributed by atoms with Crippen molar-refractivity contribution >= 4 is 22.6 Å². The summed E-state index contributed by atoms with van der Waals surface area (Å²) in [5, 5.41) is 7.76. The molecule has 0 aliphatic heterocycles. The van der Waals surface area contributed by atoms with Gasteiger partial charge in [-0.1, -0.05) is 19.1 Å². The third-order valence-corrected chi connectivity index (χ3v) is 3.82. The molecule has 5 heteroatoms. The molecule has 0 bridgehead atoms. The number of rotatable bonds is 6. The fourth-order valence-electron chi connectivity index (χ4n) is 2.14. The van der Waals surface area contributed by atoms with Crippen molar-refractivity contribution in [2.75, 3.05) is 6.54 Å². The molecule has 0 radical (unpaired) electrons. The number of hydrogen-bond acceptors (Lipinski definition) is 3. The van der Waals surface area contributed by atoms with Crippen LogP contribution in [0.5, 0.6) is 0 Å². The number of nitrogens with one attached hydrogen (secondary N) is 1. The molecule has 19 heavy (non-hydrogen) atoms. The molecular weight excluding hydrogens is 351 g/mol. The Morgan fingerprint density at radius 2 is 2.00 bits per heavy atom. The minimum Gasteiger partial charge on any atom is -0.310 e. The fraction of sp³-hybridized carbons (Fsp3) is 0.429. The maximum absolute atomic E-state index is 4.36. The number of benzene rings is 1. The molecule has 0 saturated heterocycles. The highest BCUT2D eigenvalue weighted by Crippen LogP contribution is 2.18. The van der Waals surface area contributed by atoms with Crippen molar-refractivity contribution in [1.29, 1.82) is 0 Å². The van der Waals surface area contributed by atoms with Crippen LogP contribution in [0.15, 0.2) is 30.6 Å². The van der Waals surface area contributed by atoms with Gasteiger partial charge in [-0.05, 0) is 53.8 Å². The molecule has 1 aromatic heterocycles. The Bertz CT molecular complexity index is 506. The van der Waals surface area contributed by atoms with Gasteiger partial charge in [0, 0.05) is 22.6 Å². The summed E-state index contributed by atoms with van der Waals surface area (Å²) in [7, 11) is 0. The second kappa shape index (κ2) is 7.00. The van der Waals surface area contributed by atoms with E-state index in [-0.39, 0.29) is 6.04 Å². The average molecular weight is 370 g/mol. The second-order valence-electron chi connectivity index (χ2n) is 4.36. The number of aromatic nitrogens is 3. The molecule has 2 rings (SSSR count). The van der Waals surface area contributed by atoms with Crippen LogP contribution < -0.4 is 5.32 Å². The van der Waals surface area contributed by atoms with Gasteiger partial charge in [0.05, 0.1) is 0 Å². The molecule has 4 nitrogen and oxygen atoms in total. The first-order valence-corrected chi connectivity index (χ1v) is 7.68. The zero-order valence-corrected chi connectivity index (χ0v) is 13.5. The number of aryl methyl sites for hydroxylation is 1. The van der Waals surface area contributed by atoms with Crippen LogP contribution in [0.1, 0.15) is 31.3 Å². The van der Waals surface area contributed by atoms with Gasteiger partial charge in [-0.25, -0.2) is 4.98 Å². The minimum absolute atomic E-state index is 0.288. The van der Waals surface area contributed by atoms with Crippen molar-refractivity contribution in [2.24, 2.45) is 0 Å². The monoisotopic (exact) mass is 370 g/mol. The van der Waals surface area contributed by atoms with E-state index in [4.69, 9.17) is 0 Å². The number of halogens is 1. The molecule has 1 aromatic carbocycles. The summed E-state index contributed by atoms with van der Waals surface area (Å²) in [5.41, 5.74) is 1.30. The highest BCUT2D eigenvalue weighted by Gasteiger charge is 2.14. The summed E-state index contributed by atoms with van der Waals surface area (Å²) < 4.78 is 3.21. The standard InChI is InChI=1S/C14H19IN4/c1-3-16-13(11-5-7-12(15)8-6-11)9-14-17-10-18-19(14)4-2/h5-8,10,13,16H,3-4,9H2,1-2H3.